The van der Waals surface area contributed by atoms with Crippen LogP contribution in [0, 0.1) is 0 Å². The molecule has 9 atom stereocenters. The Balaban J connectivity index is 2.18. The molecule has 0 aliphatic carbocycles. The van der Waals surface area contributed by atoms with Gasteiger partial charge in [-0.2, -0.15) is 0 Å². The molecule has 0 aromatic carbocycles. The molecule has 0 bridgehead atoms. The Hall–Kier alpha value is -1.15. The zero-order chi connectivity index (χ0) is 40.5. The molecule has 11 heteroatoms. The summed E-state index contributed by atoms with van der Waals surface area (Å²) in [5.41, 5.74) is 0. The van der Waals surface area contributed by atoms with Gasteiger partial charge in [0.05, 0.1) is 25.4 Å². The molecule has 0 aromatic heterocycles. The predicted molar refractivity (Wildman–Crippen MR) is 219 cm³/mol. The number of ether oxygens (including phenoxy) is 2. The normalized spacial score (nSPS) is 22.5. The van der Waals surface area contributed by atoms with Crippen LogP contribution in [-0.4, -0.2) is 110 Å². The van der Waals surface area contributed by atoms with E-state index in [2.05, 4.69) is 24.4 Å². The summed E-state index contributed by atoms with van der Waals surface area (Å²) in [7, 11) is 0. The molecule has 1 heterocycles. The molecular weight excluding hydrogens is 702 g/mol. The van der Waals surface area contributed by atoms with Crippen molar-refractivity contribution in [3.05, 3.63) is 12.2 Å². The van der Waals surface area contributed by atoms with Gasteiger partial charge in [0.15, 0.2) is 6.29 Å². The Morgan fingerprint density at radius 1 is 0.618 bits per heavy atom. The van der Waals surface area contributed by atoms with E-state index in [4.69, 9.17) is 9.47 Å². The largest absolute Gasteiger partial charge is 0.394 e. The second-order valence-corrected chi connectivity index (χ2v) is 16.1. The molecule has 0 aromatic rings. The summed E-state index contributed by atoms with van der Waals surface area (Å²) in [5, 5.41) is 74.6. The van der Waals surface area contributed by atoms with Crippen LogP contribution in [0.1, 0.15) is 194 Å². The monoisotopic (exact) mass is 788 g/mol. The lowest BCUT2D eigenvalue weighted by Gasteiger charge is -2.40. The molecule has 0 saturated carbocycles. The summed E-state index contributed by atoms with van der Waals surface area (Å²) in [5.74, 6) is -0.707. The molecule has 0 radical (unpaired) electrons. The van der Waals surface area contributed by atoms with E-state index in [0.29, 0.717) is 19.3 Å². The number of hydrogen-bond acceptors (Lipinski definition) is 10. The summed E-state index contributed by atoms with van der Waals surface area (Å²) in [6.07, 6.45) is 25.4. The SMILES string of the molecule is CCCCCCCCCCCCCC/C=C\CCCCCCCCCCCC(O)C(=O)NC(COC1OC(CO)C(O)C(O)C1O)C(O)C(O)CCCCC. The van der Waals surface area contributed by atoms with Crippen molar-refractivity contribution in [3.63, 3.8) is 0 Å². The first-order valence-corrected chi connectivity index (χ1v) is 22.6. The van der Waals surface area contributed by atoms with E-state index in [1.807, 2.05) is 6.92 Å². The van der Waals surface area contributed by atoms with Crippen molar-refractivity contribution in [2.45, 2.75) is 249 Å². The zero-order valence-corrected chi connectivity index (χ0v) is 34.9. The Bertz CT molecular complexity index is 908. The van der Waals surface area contributed by atoms with Crippen molar-refractivity contribution < 1.29 is 50.0 Å². The van der Waals surface area contributed by atoms with Crippen LogP contribution in [0.15, 0.2) is 12.2 Å². The van der Waals surface area contributed by atoms with Crippen LogP contribution >= 0.6 is 0 Å². The molecular formula is C44H85NO10. The minimum Gasteiger partial charge on any atom is -0.394 e. The highest BCUT2D eigenvalue weighted by atomic mass is 16.7. The van der Waals surface area contributed by atoms with Crippen molar-refractivity contribution in [2.24, 2.45) is 0 Å². The molecule has 11 nitrogen and oxygen atoms in total. The molecule has 1 fully saturated rings. The van der Waals surface area contributed by atoms with Gasteiger partial charge in [0.2, 0.25) is 5.91 Å². The number of carbonyl (C=O) groups excluding carboxylic acids is 1. The summed E-state index contributed by atoms with van der Waals surface area (Å²) < 4.78 is 10.9. The summed E-state index contributed by atoms with van der Waals surface area (Å²) in [6.45, 7) is 3.23. The van der Waals surface area contributed by atoms with E-state index < -0.39 is 74.2 Å². The Morgan fingerprint density at radius 2 is 1.05 bits per heavy atom. The number of unbranched alkanes of at least 4 members (excludes halogenated alkanes) is 23. The first kappa shape index (κ1) is 51.9. The van der Waals surface area contributed by atoms with Crippen molar-refractivity contribution in [1.82, 2.24) is 5.32 Å². The number of hydrogen-bond donors (Lipinski definition) is 8. The average molecular weight is 788 g/mol. The number of aliphatic hydroxyl groups excluding tert-OH is 7. The standard InChI is InChI=1S/C44H85NO10/c1-3-5-7-8-9-10-11-12-13-14-15-16-17-18-19-20-21-22-23-24-25-26-27-28-30-32-37(48)43(53)45-35(39(49)36(47)31-29-6-4-2)34-54-44-42(52)41(51)40(50)38(33-46)55-44/h18-19,35-42,44,46-52H,3-17,20-34H2,1-2H3,(H,45,53)/b19-18-. The van der Waals surface area contributed by atoms with Gasteiger partial charge >= 0.3 is 0 Å². The number of carbonyl (C=O) groups is 1. The van der Waals surface area contributed by atoms with E-state index in [-0.39, 0.29) is 6.42 Å². The third-order valence-electron chi connectivity index (χ3n) is 11.1. The lowest BCUT2D eigenvalue weighted by molar-refractivity contribution is -0.303. The van der Waals surface area contributed by atoms with Gasteiger partial charge in [-0.3, -0.25) is 4.79 Å². The van der Waals surface area contributed by atoms with E-state index >= 15 is 0 Å². The van der Waals surface area contributed by atoms with Crippen molar-refractivity contribution in [2.75, 3.05) is 13.2 Å². The third-order valence-corrected chi connectivity index (χ3v) is 11.1. The van der Waals surface area contributed by atoms with Gasteiger partial charge in [-0.25, -0.2) is 0 Å². The highest BCUT2D eigenvalue weighted by Gasteiger charge is 2.44. The molecule has 0 spiro atoms. The Morgan fingerprint density at radius 3 is 1.55 bits per heavy atom. The van der Waals surface area contributed by atoms with Crippen LogP contribution in [0.4, 0.5) is 0 Å². The molecule has 55 heavy (non-hydrogen) atoms. The van der Waals surface area contributed by atoms with Crippen molar-refractivity contribution in [1.29, 1.82) is 0 Å². The van der Waals surface area contributed by atoms with E-state index in [1.54, 1.807) is 0 Å². The zero-order valence-electron chi connectivity index (χ0n) is 34.9. The Kier molecular flexibility index (Phi) is 32.9. The maximum Gasteiger partial charge on any atom is 0.249 e. The van der Waals surface area contributed by atoms with Gasteiger partial charge in [0.1, 0.15) is 36.6 Å². The van der Waals surface area contributed by atoms with Crippen LogP contribution in [0.2, 0.25) is 0 Å². The lowest BCUT2D eigenvalue weighted by Crippen LogP contribution is -2.60. The summed E-state index contributed by atoms with van der Waals surface area (Å²) in [4.78, 5) is 12.9. The fourth-order valence-corrected chi connectivity index (χ4v) is 7.26. The topological polar surface area (TPSA) is 189 Å². The molecule has 1 aliphatic heterocycles. The lowest BCUT2D eigenvalue weighted by atomic mass is 9.98. The quantitative estimate of drug-likeness (QED) is 0.0243. The van der Waals surface area contributed by atoms with Gasteiger partial charge in [-0.05, 0) is 38.5 Å². The second kappa shape index (κ2) is 34.9. The molecule has 8 N–H and O–H groups in total. The van der Waals surface area contributed by atoms with Gasteiger partial charge in [0.25, 0.3) is 0 Å². The minimum atomic E-state index is -1.66. The molecule has 1 rings (SSSR count). The third kappa shape index (κ3) is 25.1. The molecule has 1 aliphatic rings. The molecule has 1 saturated heterocycles. The Labute approximate surface area is 334 Å². The first-order chi connectivity index (χ1) is 26.7. The average Bonchev–Trinajstić information content (AvgIpc) is 3.18. The second-order valence-electron chi connectivity index (χ2n) is 16.1. The van der Waals surface area contributed by atoms with Gasteiger partial charge < -0.3 is 50.5 Å². The number of aliphatic hydroxyl groups is 7. The number of allylic oxidation sites excluding steroid dienone is 2. The smallest absolute Gasteiger partial charge is 0.249 e. The van der Waals surface area contributed by atoms with Crippen LogP contribution in [-0.2, 0) is 14.3 Å². The fraction of sp³-hybridized carbons (Fsp3) is 0.932. The van der Waals surface area contributed by atoms with E-state index in [0.717, 1.165) is 32.1 Å². The maximum absolute atomic E-state index is 12.9. The van der Waals surface area contributed by atoms with Crippen molar-refractivity contribution >= 4 is 5.91 Å². The van der Waals surface area contributed by atoms with Crippen LogP contribution in [0.25, 0.3) is 0 Å². The summed E-state index contributed by atoms with van der Waals surface area (Å²) in [6, 6.07) is -1.16. The molecule has 326 valence electrons. The first-order valence-electron chi connectivity index (χ1n) is 22.6. The number of amides is 1. The highest BCUT2D eigenvalue weighted by Crippen LogP contribution is 2.23. The van der Waals surface area contributed by atoms with Gasteiger partial charge in [-0.1, -0.05) is 167 Å². The number of nitrogens with one attached hydrogen (secondary N) is 1. The van der Waals surface area contributed by atoms with E-state index in [9.17, 15) is 40.5 Å². The number of rotatable bonds is 37. The maximum atomic E-state index is 12.9. The van der Waals surface area contributed by atoms with Gasteiger partial charge in [0, 0.05) is 0 Å². The fourth-order valence-electron chi connectivity index (χ4n) is 7.26. The molecule has 9 unspecified atom stereocenters. The van der Waals surface area contributed by atoms with Crippen molar-refractivity contribution in [3.8, 4) is 0 Å². The van der Waals surface area contributed by atoms with Gasteiger partial charge in [-0.15, -0.1) is 0 Å². The van der Waals surface area contributed by atoms with Crippen LogP contribution < -0.4 is 5.32 Å². The van der Waals surface area contributed by atoms with E-state index in [1.165, 1.54) is 122 Å². The highest BCUT2D eigenvalue weighted by molar-refractivity contribution is 5.80. The predicted octanol–water partition coefficient (Wildman–Crippen LogP) is 6.89. The van der Waals surface area contributed by atoms with Crippen LogP contribution in [0.3, 0.4) is 0 Å². The summed E-state index contributed by atoms with van der Waals surface area (Å²) >= 11 is 0. The molecule has 1 amide bonds. The van der Waals surface area contributed by atoms with Crippen LogP contribution in [0.5, 0.6) is 0 Å². The minimum absolute atomic E-state index is 0.258.